The van der Waals surface area contributed by atoms with Gasteiger partial charge in [-0.1, -0.05) is 17.7 Å². The highest BCUT2D eigenvalue weighted by Gasteiger charge is 2.45. The number of hydrogen-bond donors (Lipinski definition) is 1. The molecule has 3 aliphatic rings. The summed E-state index contributed by atoms with van der Waals surface area (Å²) in [4.78, 5) is 0. The minimum atomic E-state index is -4.05. The van der Waals surface area contributed by atoms with Crippen LogP contribution in [-0.2, 0) is 10.1 Å². The third kappa shape index (κ3) is 3.34. The van der Waals surface area contributed by atoms with Crippen molar-refractivity contribution in [3.63, 3.8) is 0 Å². The van der Waals surface area contributed by atoms with Crippen LogP contribution >= 0.6 is 0 Å². The van der Waals surface area contributed by atoms with Gasteiger partial charge in [0.2, 0.25) is 0 Å². The molecule has 2 unspecified atom stereocenters. The van der Waals surface area contributed by atoms with Crippen molar-refractivity contribution in [2.24, 2.45) is 23.7 Å². The quantitative estimate of drug-likeness (QED) is 0.550. The number of hydrogen-bond acceptors (Lipinski definition) is 2. The Morgan fingerprint density at radius 2 is 1.85 bits per heavy atom. The van der Waals surface area contributed by atoms with Crippen molar-refractivity contribution in [2.45, 2.75) is 50.2 Å². The van der Waals surface area contributed by atoms with Crippen molar-refractivity contribution in [3.05, 3.63) is 24.3 Å². The van der Waals surface area contributed by atoms with Gasteiger partial charge in [0.05, 0.1) is 0 Å². The van der Waals surface area contributed by atoms with Crippen molar-refractivity contribution in [2.75, 3.05) is 0 Å². The fraction of sp³-hybridized carbons (Fsp3) is 0.750. The standard InChI is InChI=1S/C16H24O3S/c1-2-14(12-6-7-12)16(20(17,18)19)15(13-8-9-13)10-5-11-3-4-11/h2,10-14,16H,1,3-9H2,(H,17,18,19)/b15-10-. The topological polar surface area (TPSA) is 54.4 Å². The van der Waals surface area contributed by atoms with Gasteiger partial charge >= 0.3 is 0 Å². The Balaban J connectivity index is 1.88. The van der Waals surface area contributed by atoms with E-state index in [0.29, 0.717) is 11.8 Å². The maximum absolute atomic E-state index is 12.0. The van der Waals surface area contributed by atoms with Crippen LogP contribution in [0.5, 0.6) is 0 Å². The molecular formula is C16H24O3S. The normalized spacial score (nSPS) is 27.1. The Morgan fingerprint density at radius 1 is 1.20 bits per heavy atom. The maximum atomic E-state index is 12.0. The van der Waals surface area contributed by atoms with Crippen molar-refractivity contribution < 1.29 is 13.0 Å². The van der Waals surface area contributed by atoms with Gasteiger partial charge in [0, 0.05) is 5.92 Å². The lowest BCUT2D eigenvalue weighted by Crippen LogP contribution is -2.32. The van der Waals surface area contributed by atoms with E-state index < -0.39 is 15.4 Å². The number of allylic oxidation sites excluding steroid dienone is 2. The van der Waals surface area contributed by atoms with E-state index in [1.165, 1.54) is 12.8 Å². The molecule has 4 heteroatoms. The van der Waals surface area contributed by atoms with Crippen LogP contribution in [0.4, 0.5) is 0 Å². The van der Waals surface area contributed by atoms with Crippen molar-refractivity contribution >= 4 is 10.1 Å². The summed E-state index contributed by atoms with van der Waals surface area (Å²) in [7, 11) is -4.05. The fourth-order valence-electron chi connectivity index (χ4n) is 3.23. The highest BCUT2D eigenvalue weighted by atomic mass is 32.2. The summed E-state index contributed by atoms with van der Waals surface area (Å²) in [5.41, 5.74) is 0.983. The van der Waals surface area contributed by atoms with E-state index in [4.69, 9.17) is 0 Å². The van der Waals surface area contributed by atoms with Gasteiger partial charge in [-0.3, -0.25) is 4.55 Å². The second-order valence-corrected chi connectivity index (χ2v) is 8.28. The predicted molar refractivity (Wildman–Crippen MR) is 79.9 cm³/mol. The van der Waals surface area contributed by atoms with Crippen molar-refractivity contribution in [3.8, 4) is 0 Å². The molecule has 0 aliphatic heterocycles. The summed E-state index contributed by atoms with van der Waals surface area (Å²) in [6.07, 6.45) is 11.6. The zero-order valence-electron chi connectivity index (χ0n) is 11.9. The molecule has 3 fully saturated rings. The summed E-state index contributed by atoms with van der Waals surface area (Å²) < 4.78 is 33.7. The Hall–Kier alpha value is -0.610. The Kier molecular flexibility index (Phi) is 3.80. The zero-order valence-corrected chi connectivity index (χ0v) is 12.7. The van der Waals surface area contributed by atoms with E-state index in [1.54, 1.807) is 6.08 Å². The first kappa shape index (κ1) is 14.3. The smallest absolute Gasteiger partial charge is 0.272 e. The monoisotopic (exact) mass is 296 g/mol. The summed E-state index contributed by atoms with van der Waals surface area (Å²) in [6, 6.07) is 0. The molecule has 0 amide bonds. The lowest BCUT2D eigenvalue weighted by atomic mass is 9.91. The first-order chi connectivity index (χ1) is 9.50. The van der Waals surface area contributed by atoms with Crippen LogP contribution in [0.1, 0.15) is 44.9 Å². The van der Waals surface area contributed by atoms with Gasteiger partial charge in [-0.2, -0.15) is 8.42 Å². The average molecular weight is 296 g/mol. The van der Waals surface area contributed by atoms with Crippen molar-refractivity contribution in [1.82, 2.24) is 0 Å². The third-order valence-corrected chi connectivity index (χ3v) is 6.10. The molecule has 0 heterocycles. The summed E-state index contributed by atoms with van der Waals surface area (Å²) in [5.74, 6) is 1.40. The highest BCUT2D eigenvalue weighted by Crippen LogP contribution is 2.48. The molecule has 20 heavy (non-hydrogen) atoms. The molecular weight excluding hydrogens is 272 g/mol. The van der Waals surface area contributed by atoms with Gasteiger partial charge in [-0.25, -0.2) is 0 Å². The summed E-state index contributed by atoms with van der Waals surface area (Å²) in [6.45, 7) is 3.82. The van der Waals surface area contributed by atoms with Gasteiger partial charge in [0.15, 0.2) is 0 Å². The zero-order chi connectivity index (χ0) is 14.3. The fourth-order valence-corrected chi connectivity index (χ4v) is 4.59. The molecule has 1 N–H and O–H groups in total. The van der Waals surface area contributed by atoms with Crippen LogP contribution in [0.2, 0.25) is 0 Å². The molecule has 0 saturated heterocycles. The largest absolute Gasteiger partial charge is 0.285 e. The van der Waals surface area contributed by atoms with Crippen LogP contribution in [0.25, 0.3) is 0 Å². The van der Waals surface area contributed by atoms with Gasteiger partial charge < -0.3 is 0 Å². The lowest BCUT2D eigenvalue weighted by molar-refractivity contribution is 0.440. The molecule has 0 aromatic heterocycles. The number of rotatable bonds is 8. The molecule has 0 radical (unpaired) electrons. The molecule has 112 valence electrons. The van der Waals surface area contributed by atoms with Gasteiger partial charge in [-0.15, -0.1) is 6.58 Å². The molecule has 0 spiro atoms. The van der Waals surface area contributed by atoms with Crippen LogP contribution in [0.3, 0.4) is 0 Å². The molecule has 0 bridgehead atoms. The van der Waals surface area contributed by atoms with Gasteiger partial charge in [0.25, 0.3) is 10.1 Å². The van der Waals surface area contributed by atoms with Crippen LogP contribution in [0.15, 0.2) is 24.3 Å². The second kappa shape index (κ2) is 5.30. The Bertz CT molecular complexity index is 508. The molecule has 3 rings (SSSR count). The Labute approximate surface area is 121 Å². The van der Waals surface area contributed by atoms with Crippen molar-refractivity contribution in [1.29, 1.82) is 0 Å². The van der Waals surface area contributed by atoms with E-state index in [2.05, 4.69) is 12.7 Å². The van der Waals surface area contributed by atoms with Gasteiger partial charge in [-0.05, 0) is 62.7 Å². The van der Waals surface area contributed by atoms with Gasteiger partial charge in [0.1, 0.15) is 5.25 Å². The average Bonchev–Trinajstić information content (AvgIpc) is 3.25. The Morgan fingerprint density at radius 3 is 2.25 bits per heavy atom. The minimum absolute atomic E-state index is 0.115. The molecule has 2 atom stereocenters. The molecule has 0 aromatic rings. The molecule has 3 nitrogen and oxygen atoms in total. The third-order valence-electron chi connectivity index (χ3n) is 4.87. The molecule has 3 saturated carbocycles. The van der Waals surface area contributed by atoms with Crippen LogP contribution < -0.4 is 0 Å². The lowest BCUT2D eigenvalue weighted by Gasteiger charge is -2.25. The SMILES string of the molecule is C=CC(C1CC1)C(/C(=C\CC1CC1)C1CC1)S(=O)(=O)O. The molecule has 3 aliphatic carbocycles. The van der Waals surface area contributed by atoms with E-state index >= 15 is 0 Å². The predicted octanol–water partition coefficient (Wildman–Crippen LogP) is 3.59. The van der Waals surface area contributed by atoms with Crippen LogP contribution in [0, 0.1) is 23.7 Å². The minimum Gasteiger partial charge on any atom is -0.285 e. The molecule has 0 aromatic carbocycles. The van der Waals surface area contributed by atoms with E-state index in [1.807, 2.05) is 0 Å². The summed E-state index contributed by atoms with van der Waals surface area (Å²) in [5, 5.41) is -0.737. The summed E-state index contributed by atoms with van der Waals surface area (Å²) >= 11 is 0. The second-order valence-electron chi connectivity index (χ2n) is 6.74. The van der Waals surface area contributed by atoms with E-state index in [9.17, 15) is 13.0 Å². The first-order valence-corrected chi connectivity index (χ1v) is 9.30. The highest BCUT2D eigenvalue weighted by molar-refractivity contribution is 7.86. The maximum Gasteiger partial charge on any atom is 0.272 e. The van der Waals surface area contributed by atoms with E-state index in [0.717, 1.165) is 43.6 Å². The van der Waals surface area contributed by atoms with Crippen LogP contribution in [-0.4, -0.2) is 18.2 Å². The van der Waals surface area contributed by atoms with E-state index in [-0.39, 0.29) is 5.92 Å². The first-order valence-electron chi connectivity index (χ1n) is 7.79.